The maximum Gasteiger partial charge on any atom is 0.0371 e. The van der Waals surface area contributed by atoms with Crippen molar-refractivity contribution < 1.29 is 0 Å². The molecule has 0 aromatic carbocycles. The van der Waals surface area contributed by atoms with Crippen LogP contribution in [0.5, 0.6) is 0 Å². The fourth-order valence-electron chi connectivity index (χ4n) is 2.74. The molecule has 1 aliphatic heterocycles. The van der Waals surface area contributed by atoms with E-state index in [9.17, 15) is 0 Å². The highest BCUT2D eigenvalue weighted by Gasteiger charge is 2.43. The van der Waals surface area contributed by atoms with Gasteiger partial charge in [0.2, 0.25) is 0 Å². The Hall–Kier alpha value is -1.09. The Morgan fingerprint density at radius 3 is 2.53 bits per heavy atom. The van der Waals surface area contributed by atoms with Gasteiger partial charge in [0, 0.05) is 36.6 Å². The van der Waals surface area contributed by atoms with E-state index in [0.29, 0.717) is 5.41 Å². The molecule has 92 valence electrons. The van der Waals surface area contributed by atoms with Gasteiger partial charge in [-0.1, -0.05) is 0 Å². The average molecular weight is 231 g/mol. The minimum Gasteiger partial charge on any atom is -0.384 e. The second-order valence-corrected chi connectivity index (χ2v) is 5.57. The van der Waals surface area contributed by atoms with Gasteiger partial charge in [0.15, 0.2) is 0 Å². The molecule has 1 saturated heterocycles. The lowest BCUT2D eigenvalue weighted by Gasteiger charge is -2.23. The molecule has 0 atom stereocenters. The Morgan fingerprint density at radius 2 is 1.88 bits per heavy atom. The Labute approximate surface area is 103 Å². The number of hydrogen-bond acceptors (Lipinski definition) is 3. The van der Waals surface area contributed by atoms with Crippen molar-refractivity contribution in [2.24, 2.45) is 5.41 Å². The first-order chi connectivity index (χ1) is 8.36. The normalized spacial score (nSPS) is 22.6. The second kappa shape index (κ2) is 4.65. The molecule has 2 fully saturated rings. The Balaban J connectivity index is 1.50. The molecule has 0 radical (unpaired) electrons. The standard InChI is InChI=1S/C14H21N3/c1-2-10-17(9-1)12-14(5-6-14)11-16-13-3-7-15-8-4-13/h3-4,7-8H,1-2,5-6,9-12H2,(H,15,16). The summed E-state index contributed by atoms with van der Waals surface area (Å²) in [5, 5.41) is 3.55. The van der Waals surface area contributed by atoms with E-state index in [1.807, 2.05) is 24.5 Å². The van der Waals surface area contributed by atoms with Crippen LogP contribution in [0.3, 0.4) is 0 Å². The van der Waals surface area contributed by atoms with Crippen LogP contribution in [0.15, 0.2) is 24.5 Å². The van der Waals surface area contributed by atoms with E-state index in [2.05, 4.69) is 15.2 Å². The van der Waals surface area contributed by atoms with Crippen molar-refractivity contribution in [1.29, 1.82) is 0 Å². The van der Waals surface area contributed by atoms with E-state index >= 15 is 0 Å². The molecule has 0 bridgehead atoms. The summed E-state index contributed by atoms with van der Waals surface area (Å²) in [5.74, 6) is 0. The number of aromatic nitrogens is 1. The first-order valence-corrected chi connectivity index (χ1v) is 6.73. The highest BCUT2D eigenvalue weighted by molar-refractivity contribution is 5.41. The molecule has 2 heterocycles. The quantitative estimate of drug-likeness (QED) is 0.843. The Kier molecular flexibility index (Phi) is 3.02. The lowest BCUT2D eigenvalue weighted by molar-refractivity contribution is 0.271. The summed E-state index contributed by atoms with van der Waals surface area (Å²) in [6, 6.07) is 4.10. The van der Waals surface area contributed by atoms with E-state index in [1.165, 1.54) is 51.0 Å². The molecule has 17 heavy (non-hydrogen) atoms. The molecular weight excluding hydrogens is 210 g/mol. The van der Waals surface area contributed by atoms with Crippen LogP contribution in [0.2, 0.25) is 0 Å². The average Bonchev–Trinajstić information content (AvgIpc) is 2.93. The summed E-state index contributed by atoms with van der Waals surface area (Å²) in [6.07, 6.45) is 9.27. The summed E-state index contributed by atoms with van der Waals surface area (Å²) in [4.78, 5) is 6.68. The molecule has 0 amide bonds. The van der Waals surface area contributed by atoms with Crippen molar-refractivity contribution in [3.8, 4) is 0 Å². The monoisotopic (exact) mass is 231 g/mol. The summed E-state index contributed by atoms with van der Waals surface area (Å²) >= 11 is 0. The van der Waals surface area contributed by atoms with E-state index in [-0.39, 0.29) is 0 Å². The van der Waals surface area contributed by atoms with Gasteiger partial charge in [-0.3, -0.25) is 4.98 Å². The van der Waals surface area contributed by atoms with Crippen molar-refractivity contribution in [1.82, 2.24) is 9.88 Å². The van der Waals surface area contributed by atoms with Crippen molar-refractivity contribution in [3.05, 3.63) is 24.5 Å². The number of rotatable bonds is 5. The lowest BCUT2D eigenvalue weighted by Crippen LogP contribution is -2.31. The molecular formula is C14H21N3. The molecule has 2 aliphatic rings. The van der Waals surface area contributed by atoms with Crippen LogP contribution in [-0.4, -0.2) is 36.1 Å². The third kappa shape index (κ3) is 2.78. The first kappa shape index (κ1) is 11.0. The minimum absolute atomic E-state index is 0.563. The third-order valence-corrected chi connectivity index (χ3v) is 4.06. The van der Waals surface area contributed by atoms with Crippen LogP contribution in [0.1, 0.15) is 25.7 Å². The van der Waals surface area contributed by atoms with E-state index in [1.54, 1.807) is 0 Å². The fraction of sp³-hybridized carbons (Fsp3) is 0.643. The fourth-order valence-corrected chi connectivity index (χ4v) is 2.74. The number of hydrogen-bond donors (Lipinski definition) is 1. The van der Waals surface area contributed by atoms with Crippen LogP contribution in [0.4, 0.5) is 5.69 Å². The summed E-state index contributed by atoms with van der Waals surface area (Å²) < 4.78 is 0. The molecule has 1 aliphatic carbocycles. The highest BCUT2D eigenvalue weighted by Crippen LogP contribution is 2.46. The van der Waals surface area contributed by atoms with Gasteiger partial charge in [-0.25, -0.2) is 0 Å². The smallest absolute Gasteiger partial charge is 0.0371 e. The number of anilines is 1. The summed E-state index contributed by atoms with van der Waals surface area (Å²) in [5.41, 5.74) is 1.76. The van der Waals surface area contributed by atoms with Crippen molar-refractivity contribution in [2.45, 2.75) is 25.7 Å². The second-order valence-electron chi connectivity index (χ2n) is 5.57. The summed E-state index contributed by atoms with van der Waals surface area (Å²) in [6.45, 7) is 5.05. The zero-order valence-electron chi connectivity index (χ0n) is 10.4. The highest BCUT2D eigenvalue weighted by atomic mass is 15.2. The SMILES string of the molecule is c1cc(NCC2(CN3CCCC3)CC2)ccn1. The van der Waals surface area contributed by atoms with Gasteiger partial charge in [-0.15, -0.1) is 0 Å². The first-order valence-electron chi connectivity index (χ1n) is 6.73. The van der Waals surface area contributed by atoms with Crippen LogP contribution in [-0.2, 0) is 0 Å². The Bertz CT molecular complexity index is 353. The number of nitrogens with zero attached hydrogens (tertiary/aromatic N) is 2. The molecule has 0 unspecified atom stereocenters. The predicted octanol–water partition coefficient (Wildman–Crippen LogP) is 2.37. The zero-order valence-corrected chi connectivity index (χ0v) is 10.4. The van der Waals surface area contributed by atoms with E-state index in [0.717, 1.165) is 6.54 Å². The van der Waals surface area contributed by atoms with E-state index < -0.39 is 0 Å². The van der Waals surface area contributed by atoms with Crippen LogP contribution in [0, 0.1) is 5.41 Å². The lowest BCUT2D eigenvalue weighted by atomic mass is 10.1. The van der Waals surface area contributed by atoms with Crippen LogP contribution >= 0.6 is 0 Å². The molecule has 1 aromatic heterocycles. The van der Waals surface area contributed by atoms with Gasteiger partial charge in [0.1, 0.15) is 0 Å². The summed E-state index contributed by atoms with van der Waals surface area (Å²) in [7, 11) is 0. The Morgan fingerprint density at radius 1 is 1.18 bits per heavy atom. The maximum atomic E-state index is 4.04. The van der Waals surface area contributed by atoms with Gasteiger partial charge in [-0.05, 0) is 50.9 Å². The van der Waals surface area contributed by atoms with E-state index in [4.69, 9.17) is 0 Å². The van der Waals surface area contributed by atoms with Crippen molar-refractivity contribution in [3.63, 3.8) is 0 Å². The molecule has 3 heteroatoms. The zero-order chi connectivity index (χ0) is 11.6. The van der Waals surface area contributed by atoms with Gasteiger partial charge < -0.3 is 10.2 Å². The van der Waals surface area contributed by atoms with Crippen molar-refractivity contribution in [2.75, 3.05) is 31.5 Å². The van der Waals surface area contributed by atoms with Crippen LogP contribution in [0.25, 0.3) is 0 Å². The minimum atomic E-state index is 0.563. The number of likely N-dealkylation sites (tertiary alicyclic amines) is 1. The third-order valence-electron chi connectivity index (χ3n) is 4.06. The predicted molar refractivity (Wildman–Crippen MR) is 70.1 cm³/mol. The topological polar surface area (TPSA) is 28.2 Å². The molecule has 3 rings (SSSR count). The molecule has 1 aromatic rings. The van der Waals surface area contributed by atoms with Crippen molar-refractivity contribution >= 4 is 5.69 Å². The maximum absolute atomic E-state index is 4.04. The van der Waals surface area contributed by atoms with Gasteiger partial charge in [-0.2, -0.15) is 0 Å². The molecule has 1 saturated carbocycles. The van der Waals surface area contributed by atoms with Gasteiger partial charge >= 0.3 is 0 Å². The number of pyridine rings is 1. The molecule has 3 nitrogen and oxygen atoms in total. The molecule has 0 spiro atoms. The largest absolute Gasteiger partial charge is 0.384 e. The number of nitrogens with one attached hydrogen (secondary N) is 1. The molecule has 1 N–H and O–H groups in total. The van der Waals surface area contributed by atoms with Gasteiger partial charge in [0.25, 0.3) is 0 Å². The van der Waals surface area contributed by atoms with Crippen LogP contribution < -0.4 is 5.32 Å². The van der Waals surface area contributed by atoms with Gasteiger partial charge in [0.05, 0.1) is 0 Å².